The molecule has 0 radical (unpaired) electrons. The summed E-state index contributed by atoms with van der Waals surface area (Å²) < 4.78 is 9.94. The molecule has 0 spiro atoms. The molecule has 2 rings (SSSR count). The second-order valence-corrected chi connectivity index (χ2v) is 7.56. The number of carbonyl (C=O) groups is 3. The molecule has 1 amide bonds. The number of carbonyl (C=O) groups excluding carboxylic acids is 2. The molecule has 158 valence electrons. The monoisotopic (exact) mass is 444 g/mol. The highest BCUT2D eigenvalue weighted by Crippen LogP contribution is 2.35. The number of cyclic esters (lactones) is 1. The molecule has 1 aromatic carbocycles. The molecule has 12 heteroatoms. The number of phenols is 2. The minimum Gasteiger partial charge on any atom is -0.508 e. The van der Waals surface area contributed by atoms with Crippen molar-refractivity contribution in [1.82, 2.24) is 10.6 Å². The van der Waals surface area contributed by atoms with Gasteiger partial charge < -0.3 is 35.4 Å². The third-order valence-electron chi connectivity index (χ3n) is 4.18. The van der Waals surface area contributed by atoms with Crippen LogP contribution in [0.1, 0.15) is 21.5 Å². The Bertz CT molecular complexity index is 845. The minimum absolute atomic E-state index is 0.0295. The van der Waals surface area contributed by atoms with Gasteiger partial charge in [-0.15, -0.1) is 0 Å². The topological polar surface area (TPSA) is 154 Å². The number of thiocarbonyl (C=S) groups is 1. The summed E-state index contributed by atoms with van der Waals surface area (Å²) in [6.45, 7) is 1.02. The van der Waals surface area contributed by atoms with Crippen LogP contribution in [0.2, 0.25) is 0 Å². The lowest BCUT2D eigenvalue weighted by Crippen LogP contribution is -2.53. The van der Waals surface area contributed by atoms with E-state index in [1.807, 2.05) is 0 Å². The van der Waals surface area contributed by atoms with Crippen LogP contribution in [-0.4, -0.2) is 69.9 Å². The number of rotatable bonds is 2. The van der Waals surface area contributed by atoms with Gasteiger partial charge in [-0.1, -0.05) is 12.2 Å². The summed E-state index contributed by atoms with van der Waals surface area (Å²) in [6.07, 6.45) is -1.40. The molecular weight excluding hydrogens is 424 g/mol. The molecule has 0 bridgehead atoms. The Balaban J connectivity index is 2.46. The predicted molar refractivity (Wildman–Crippen MR) is 107 cm³/mol. The Morgan fingerprint density at radius 1 is 1.38 bits per heavy atom. The number of amides is 1. The Kier molecular flexibility index (Phi) is 7.51. The van der Waals surface area contributed by atoms with Crippen LogP contribution in [0.25, 0.3) is 0 Å². The van der Waals surface area contributed by atoms with E-state index in [2.05, 4.69) is 10.6 Å². The number of aromatic hydroxyl groups is 2. The third kappa shape index (κ3) is 5.41. The van der Waals surface area contributed by atoms with E-state index in [-0.39, 0.29) is 44.7 Å². The van der Waals surface area contributed by atoms with Crippen LogP contribution in [0, 0.1) is 6.92 Å². The molecule has 0 saturated carbocycles. The van der Waals surface area contributed by atoms with Crippen molar-refractivity contribution in [1.29, 1.82) is 0 Å². The summed E-state index contributed by atoms with van der Waals surface area (Å²) in [5.41, 5.74) is 0.399. The number of ether oxygens (including phenoxy) is 2. The third-order valence-corrected chi connectivity index (χ3v) is 5.64. The van der Waals surface area contributed by atoms with Gasteiger partial charge in [-0.25, -0.2) is 14.4 Å². The molecule has 5 N–H and O–H groups in total. The normalized spacial score (nSPS) is 20.2. The fourth-order valence-electron chi connectivity index (χ4n) is 2.65. The number of hydrogen-bond donors (Lipinski definition) is 5. The van der Waals surface area contributed by atoms with E-state index >= 15 is 0 Å². The lowest BCUT2D eigenvalue weighted by molar-refractivity contribution is -0.142. The Morgan fingerprint density at radius 3 is 2.69 bits per heavy atom. The van der Waals surface area contributed by atoms with Crippen LogP contribution in [0.5, 0.6) is 11.5 Å². The minimum atomic E-state index is -1.40. The van der Waals surface area contributed by atoms with Crippen molar-refractivity contribution in [3.63, 3.8) is 0 Å². The first kappa shape index (κ1) is 22.6. The first-order valence-electron chi connectivity index (χ1n) is 8.32. The van der Waals surface area contributed by atoms with E-state index in [4.69, 9.17) is 26.8 Å². The molecule has 0 saturated heterocycles. The van der Waals surface area contributed by atoms with E-state index in [0.717, 1.165) is 6.07 Å². The molecule has 0 aliphatic carbocycles. The van der Waals surface area contributed by atoms with Crippen molar-refractivity contribution in [3.8, 4) is 11.5 Å². The zero-order valence-corrected chi connectivity index (χ0v) is 17.2. The van der Waals surface area contributed by atoms with Gasteiger partial charge >= 0.3 is 18.0 Å². The van der Waals surface area contributed by atoms with Crippen LogP contribution in [0.4, 0.5) is 4.79 Å². The maximum absolute atomic E-state index is 12.6. The van der Waals surface area contributed by atoms with Gasteiger partial charge in [-0.05, 0) is 6.92 Å². The maximum Gasteiger partial charge on any atom is 0.405 e. The smallest absolute Gasteiger partial charge is 0.405 e. The molecule has 1 aliphatic heterocycles. The van der Waals surface area contributed by atoms with Gasteiger partial charge in [0.2, 0.25) is 0 Å². The number of nitrogens with one attached hydrogen (secondary N) is 2. The summed E-state index contributed by atoms with van der Waals surface area (Å²) in [5, 5.41) is 34.1. The molecule has 0 fully saturated rings. The largest absolute Gasteiger partial charge is 0.508 e. The van der Waals surface area contributed by atoms with Crippen molar-refractivity contribution in [3.05, 3.63) is 22.8 Å². The van der Waals surface area contributed by atoms with Gasteiger partial charge in [-0.2, -0.15) is 11.8 Å². The lowest BCUT2D eigenvalue weighted by atomic mass is 10.0. The molecular formula is C17H20N2O8S2. The van der Waals surface area contributed by atoms with E-state index < -0.39 is 36.7 Å². The maximum atomic E-state index is 12.6. The van der Waals surface area contributed by atoms with Crippen molar-refractivity contribution in [2.75, 3.05) is 19.5 Å². The highest BCUT2D eigenvalue weighted by Gasteiger charge is 2.29. The van der Waals surface area contributed by atoms with Crippen molar-refractivity contribution in [2.24, 2.45) is 0 Å². The summed E-state index contributed by atoms with van der Waals surface area (Å²) in [7, 11) is 1.20. The molecule has 0 aromatic heterocycles. The van der Waals surface area contributed by atoms with Crippen LogP contribution < -0.4 is 10.6 Å². The number of esters is 2. The fraction of sp³-hybridized carbons (Fsp3) is 0.412. The average Bonchev–Trinajstić information content (AvgIpc) is 2.66. The second kappa shape index (κ2) is 9.65. The van der Waals surface area contributed by atoms with Crippen molar-refractivity contribution < 1.29 is 39.2 Å². The van der Waals surface area contributed by atoms with Crippen LogP contribution in [0.3, 0.4) is 0 Å². The van der Waals surface area contributed by atoms with Gasteiger partial charge in [0.15, 0.2) is 0 Å². The molecule has 29 heavy (non-hydrogen) atoms. The number of fused-ring (bicyclic) bond motifs is 1. The van der Waals surface area contributed by atoms with Crippen LogP contribution in [-0.2, 0) is 20.0 Å². The Hall–Kier alpha value is -2.73. The predicted octanol–water partition coefficient (Wildman–Crippen LogP) is 0.905. The van der Waals surface area contributed by atoms with E-state index in [9.17, 15) is 24.6 Å². The number of phenolic OH excluding ortho intramolecular Hbond substituents is 2. The van der Waals surface area contributed by atoms with Crippen molar-refractivity contribution in [2.45, 2.75) is 24.8 Å². The van der Waals surface area contributed by atoms with Crippen molar-refractivity contribution >= 4 is 47.0 Å². The number of methoxy groups -OCH3 is 1. The average molecular weight is 444 g/mol. The molecule has 1 aromatic rings. The zero-order chi connectivity index (χ0) is 21.7. The summed E-state index contributed by atoms with van der Waals surface area (Å²) in [4.78, 5) is 35.7. The quantitative estimate of drug-likeness (QED) is 0.326. The first-order valence-corrected chi connectivity index (χ1v) is 9.88. The number of thioether (sulfide) groups is 1. The van der Waals surface area contributed by atoms with Gasteiger partial charge in [0, 0.05) is 28.7 Å². The molecule has 1 heterocycles. The van der Waals surface area contributed by atoms with Gasteiger partial charge in [0.1, 0.15) is 35.2 Å². The highest BCUT2D eigenvalue weighted by atomic mass is 32.2. The highest BCUT2D eigenvalue weighted by molar-refractivity contribution is 7.98. The summed E-state index contributed by atoms with van der Waals surface area (Å²) >= 11 is 6.38. The first-order chi connectivity index (χ1) is 13.6. The Morgan fingerprint density at radius 2 is 2.07 bits per heavy atom. The van der Waals surface area contributed by atoms with Crippen LogP contribution in [0.15, 0.2) is 6.07 Å². The van der Waals surface area contributed by atoms with Gasteiger partial charge in [-0.3, -0.25) is 0 Å². The Labute approximate surface area is 175 Å². The fourth-order valence-corrected chi connectivity index (χ4v) is 3.99. The molecule has 0 unspecified atom stereocenters. The van der Waals surface area contributed by atoms with E-state index in [1.165, 1.54) is 25.8 Å². The second-order valence-electron chi connectivity index (χ2n) is 6.09. The zero-order valence-electron chi connectivity index (χ0n) is 15.6. The number of benzene rings is 1. The van der Waals surface area contributed by atoms with Gasteiger partial charge in [0.25, 0.3) is 0 Å². The SMILES string of the molecule is COC(=O)[C@@H]1CSCc2c(O)cc(O)c(C)c2C(=O)OC[C@H](NC(=O)O)C(=S)N1. The summed E-state index contributed by atoms with van der Waals surface area (Å²) in [5.74, 6) is -1.77. The number of hydrogen-bond acceptors (Lipinski definition) is 9. The van der Waals surface area contributed by atoms with Gasteiger partial charge in [0.05, 0.1) is 12.7 Å². The molecule has 1 aliphatic rings. The summed E-state index contributed by atoms with van der Waals surface area (Å²) in [6, 6.07) is -0.902. The van der Waals surface area contributed by atoms with Crippen LogP contribution >= 0.6 is 24.0 Å². The number of carboxylic acid groups (broad SMARTS) is 1. The molecule has 2 atom stereocenters. The van der Waals surface area contributed by atoms with E-state index in [1.54, 1.807) is 0 Å². The standard InChI is InChI=1S/C17H20N2O8S2/c1-7-11(20)3-12(21)8-5-29-6-10(15(22)26-2)18-14(28)9(19-17(24)25)4-27-16(23)13(7)8/h3,9-10,19-21H,4-6H2,1-2H3,(H,18,28)(H,24,25)/t9-,10-/m0/s1. The lowest BCUT2D eigenvalue weighted by Gasteiger charge is -2.25. The molecule has 10 nitrogen and oxygen atoms in total. The van der Waals surface area contributed by atoms with E-state index in [0.29, 0.717) is 0 Å².